The summed E-state index contributed by atoms with van der Waals surface area (Å²) in [5.74, 6) is -0.972. The second-order valence-electron chi connectivity index (χ2n) is 2.18. The Bertz CT molecular complexity index is 271. The van der Waals surface area contributed by atoms with Crippen LogP contribution in [0.25, 0.3) is 0 Å². The van der Waals surface area contributed by atoms with Gasteiger partial charge in [0.15, 0.2) is 0 Å². The van der Waals surface area contributed by atoms with Crippen LogP contribution in [0.2, 0.25) is 0 Å². The molecule has 0 aliphatic heterocycles. The van der Waals surface area contributed by atoms with E-state index >= 15 is 0 Å². The summed E-state index contributed by atoms with van der Waals surface area (Å²) in [4.78, 5) is 0. The molecule has 11 heavy (non-hydrogen) atoms. The molecular formula is C8H7BrF2. The number of rotatable bonds is 1. The third-order valence-corrected chi connectivity index (χ3v) is 2.10. The Balaban J connectivity index is 3.29. The van der Waals surface area contributed by atoms with Gasteiger partial charge in [0.2, 0.25) is 0 Å². The van der Waals surface area contributed by atoms with Crippen molar-refractivity contribution in [2.75, 3.05) is 0 Å². The molecule has 0 amide bonds. The molecule has 1 rings (SSSR count). The van der Waals surface area contributed by atoms with Crippen LogP contribution in [0.5, 0.6) is 0 Å². The van der Waals surface area contributed by atoms with Gasteiger partial charge in [0.05, 0.1) is 4.47 Å². The van der Waals surface area contributed by atoms with E-state index < -0.39 is 11.6 Å². The van der Waals surface area contributed by atoms with Crippen molar-refractivity contribution in [3.05, 3.63) is 33.8 Å². The van der Waals surface area contributed by atoms with Gasteiger partial charge in [-0.15, -0.1) is 0 Å². The van der Waals surface area contributed by atoms with E-state index in [9.17, 15) is 8.78 Å². The maximum Gasteiger partial charge on any atom is 0.143 e. The predicted molar refractivity (Wildman–Crippen MR) is 43.4 cm³/mol. The minimum absolute atomic E-state index is 0.138. The minimum Gasteiger partial charge on any atom is -0.207 e. The van der Waals surface area contributed by atoms with E-state index in [1.165, 1.54) is 12.1 Å². The van der Waals surface area contributed by atoms with E-state index in [1.54, 1.807) is 6.92 Å². The van der Waals surface area contributed by atoms with Crippen molar-refractivity contribution in [3.8, 4) is 0 Å². The summed E-state index contributed by atoms with van der Waals surface area (Å²) in [6, 6.07) is 2.62. The topological polar surface area (TPSA) is 0 Å². The summed E-state index contributed by atoms with van der Waals surface area (Å²) < 4.78 is 26.1. The molecule has 0 nitrogen and oxygen atoms in total. The van der Waals surface area contributed by atoms with Crippen molar-refractivity contribution in [3.63, 3.8) is 0 Å². The van der Waals surface area contributed by atoms with E-state index in [-0.39, 0.29) is 5.56 Å². The Hall–Kier alpha value is -0.440. The Labute approximate surface area is 72.4 Å². The zero-order valence-electron chi connectivity index (χ0n) is 6.00. The molecule has 0 saturated carbocycles. The molecule has 0 N–H and O–H groups in total. The Morgan fingerprint density at radius 3 is 2.45 bits per heavy atom. The number of benzene rings is 1. The van der Waals surface area contributed by atoms with Crippen LogP contribution < -0.4 is 0 Å². The molecule has 3 heteroatoms. The molecule has 0 saturated heterocycles. The van der Waals surface area contributed by atoms with Crippen molar-refractivity contribution in [2.24, 2.45) is 0 Å². The summed E-state index contributed by atoms with van der Waals surface area (Å²) in [6.45, 7) is 1.72. The first-order chi connectivity index (χ1) is 5.16. The molecule has 0 aromatic heterocycles. The fourth-order valence-electron chi connectivity index (χ4n) is 0.893. The third-order valence-electron chi connectivity index (χ3n) is 1.49. The van der Waals surface area contributed by atoms with Crippen LogP contribution >= 0.6 is 15.9 Å². The van der Waals surface area contributed by atoms with Crippen molar-refractivity contribution in [1.82, 2.24) is 0 Å². The summed E-state index contributed by atoms with van der Waals surface area (Å²) in [5.41, 5.74) is 0.138. The lowest BCUT2D eigenvalue weighted by Gasteiger charge is -2.02. The van der Waals surface area contributed by atoms with Gasteiger partial charge in [-0.1, -0.05) is 6.92 Å². The van der Waals surface area contributed by atoms with Gasteiger partial charge in [0.25, 0.3) is 0 Å². The van der Waals surface area contributed by atoms with Gasteiger partial charge in [-0.05, 0) is 34.5 Å². The van der Waals surface area contributed by atoms with Crippen LogP contribution in [-0.2, 0) is 6.42 Å². The first-order valence-electron chi connectivity index (χ1n) is 3.29. The monoisotopic (exact) mass is 220 g/mol. The standard InChI is InChI=1S/C8H7BrF2/c1-2-5-7(10)4-3-6(9)8(5)11/h3-4H,2H2,1H3. The highest BCUT2D eigenvalue weighted by molar-refractivity contribution is 9.10. The van der Waals surface area contributed by atoms with Crippen molar-refractivity contribution in [2.45, 2.75) is 13.3 Å². The molecule has 0 radical (unpaired) electrons. The summed E-state index contributed by atoms with van der Waals surface area (Å²) >= 11 is 2.98. The van der Waals surface area contributed by atoms with Gasteiger partial charge in [-0.2, -0.15) is 0 Å². The maximum absolute atomic E-state index is 13.0. The van der Waals surface area contributed by atoms with Crippen LogP contribution in [0, 0.1) is 11.6 Å². The Kier molecular flexibility index (Phi) is 2.60. The first kappa shape index (κ1) is 8.65. The van der Waals surface area contributed by atoms with E-state index in [4.69, 9.17) is 0 Å². The Morgan fingerprint density at radius 2 is 2.00 bits per heavy atom. The predicted octanol–water partition coefficient (Wildman–Crippen LogP) is 3.29. The molecule has 0 atom stereocenters. The van der Waals surface area contributed by atoms with Crippen LogP contribution in [0.3, 0.4) is 0 Å². The highest BCUT2D eigenvalue weighted by Gasteiger charge is 2.09. The molecule has 0 spiro atoms. The summed E-state index contributed by atoms with van der Waals surface area (Å²) in [5, 5.41) is 0. The summed E-state index contributed by atoms with van der Waals surface area (Å²) in [6.07, 6.45) is 0.372. The molecule has 0 aliphatic carbocycles. The van der Waals surface area contributed by atoms with Gasteiger partial charge < -0.3 is 0 Å². The zero-order chi connectivity index (χ0) is 8.43. The number of hydrogen-bond donors (Lipinski definition) is 0. The molecule has 0 fully saturated rings. The molecule has 0 aliphatic rings. The van der Waals surface area contributed by atoms with Crippen molar-refractivity contribution in [1.29, 1.82) is 0 Å². The van der Waals surface area contributed by atoms with Gasteiger partial charge in [0, 0.05) is 5.56 Å². The fraction of sp³-hybridized carbons (Fsp3) is 0.250. The SMILES string of the molecule is CCc1c(F)ccc(Br)c1F. The smallest absolute Gasteiger partial charge is 0.143 e. The Morgan fingerprint density at radius 1 is 1.36 bits per heavy atom. The molecule has 1 aromatic carbocycles. The second kappa shape index (κ2) is 3.30. The first-order valence-corrected chi connectivity index (χ1v) is 4.08. The number of halogens is 3. The largest absolute Gasteiger partial charge is 0.207 e. The minimum atomic E-state index is -0.493. The average Bonchev–Trinajstić information content (AvgIpc) is 1.99. The quantitative estimate of drug-likeness (QED) is 0.638. The second-order valence-corrected chi connectivity index (χ2v) is 3.03. The molecule has 0 heterocycles. The normalized spacial score (nSPS) is 10.2. The molecule has 0 bridgehead atoms. The van der Waals surface area contributed by atoms with E-state index in [0.717, 1.165) is 0 Å². The molecular weight excluding hydrogens is 214 g/mol. The lowest BCUT2D eigenvalue weighted by Crippen LogP contribution is -1.93. The van der Waals surface area contributed by atoms with Gasteiger partial charge in [-0.3, -0.25) is 0 Å². The van der Waals surface area contributed by atoms with Gasteiger partial charge in [0.1, 0.15) is 11.6 Å². The van der Waals surface area contributed by atoms with Gasteiger partial charge in [-0.25, -0.2) is 8.78 Å². The fourth-order valence-corrected chi connectivity index (χ4v) is 1.26. The lowest BCUT2D eigenvalue weighted by molar-refractivity contribution is 0.555. The van der Waals surface area contributed by atoms with Crippen LogP contribution in [-0.4, -0.2) is 0 Å². The highest BCUT2D eigenvalue weighted by Crippen LogP contribution is 2.21. The molecule has 0 unspecified atom stereocenters. The molecule has 1 aromatic rings. The summed E-state index contributed by atoms with van der Waals surface area (Å²) in [7, 11) is 0. The maximum atomic E-state index is 13.0. The average molecular weight is 221 g/mol. The van der Waals surface area contributed by atoms with Gasteiger partial charge >= 0.3 is 0 Å². The van der Waals surface area contributed by atoms with E-state index in [2.05, 4.69) is 15.9 Å². The molecule has 60 valence electrons. The zero-order valence-corrected chi connectivity index (χ0v) is 7.58. The van der Waals surface area contributed by atoms with Crippen LogP contribution in [0.1, 0.15) is 12.5 Å². The third kappa shape index (κ3) is 1.59. The van der Waals surface area contributed by atoms with Crippen molar-refractivity contribution < 1.29 is 8.78 Å². The van der Waals surface area contributed by atoms with Crippen molar-refractivity contribution >= 4 is 15.9 Å². The highest BCUT2D eigenvalue weighted by atomic mass is 79.9. The van der Waals surface area contributed by atoms with E-state index in [0.29, 0.717) is 10.9 Å². The van der Waals surface area contributed by atoms with E-state index in [1.807, 2.05) is 0 Å². The lowest BCUT2D eigenvalue weighted by atomic mass is 10.1. The van der Waals surface area contributed by atoms with Crippen LogP contribution in [0.4, 0.5) is 8.78 Å². The number of hydrogen-bond acceptors (Lipinski definition) is 0. The van der Waals surface area contributed by atoms with Crippen LogP contribution in [0.15, 0.2) is 16.6 Å².